The van der Waals surface area contributed by atoms with E-state index in [4.69, 9.17) is 0 Å². The molecule has 0 amide bonds. The van der Waals surface area contributed by atoms with Crippen molar-refractivity contribution in [2.75, 3.05) is 6.26 Å². The Hall–Kier alpha value is -1.69. The molecule has 0 aliphatic heterocycles. The summed E-state index contributed by atoms with van der Waals surface area (Å²) in [5.41, 5.74) is 0.797. The highest BCUT2D eigenvalue weighted by atomic mass is 32.2. The number of aromatic nitrogens is 3. The molecule has 0 atom stereocenters. The normalized spacial score (nSPS) is 12.0. The fourth-order valence-electron chi connectivity index (χ4n) is 1.51. The van der Waals surface area contributed by atoms with E-state index in [9.17, 15) is 8.42 Å². The summed E-state index contributed by atoms with van der Waals surface area (Å²) < 4.78 is 22.7. The third-order valence-corrected chi connectivity index (χ3v) is 3.72. The van der Waals surface area contributed by atoms with Gasteiger partial charge >= 0.3 is 0 Å². The largest absolute Gasteiger partial charge is 0.262 e. The number of nitrogens with one attached hydrogen (secondary N) is 1. The Balaban J connectivity index is 2.34. The van der Waals surface area contributed by atoms with Crippen LogP contribution >= 0.6 is 0 Å². The topological polar surface area (TPSA) is 75.7 Å². The van der Waals surface area contributed by atoms with Gasteiger partial charge in [0, 0.05) is 17.7 Å². The zero-order valence-corrected chi connectivity index (χ0v) is 11.3. The predicted octanol–water partition coefficient (Wildman–Crippen LogP) is 2.00. The molecule has 1 aromatic heterocycles. The molecule has 0 aliphatic rings. The summed E-state index contributed by atoms with van der Waals surface area (Å²) in [4.78, 5) is 4.65. The first-order valence-electron chi connectivity index (χ1n) is 5.60. The number of aromatic amines is 1. The van der Waals surface area contributed by atoms with Crippen molar-refractivity contribution >= 4 is 9.84 Å². The average molecular weight is 265 g/mol. The summed E-state index contributed by atoms with van der Waals surface area (Å²) in [7, 11) is -3.16. The number of nitrogens with zero attached hydrogens (tertiary/aromatic N) is 2. The van der Waals surface area contributed by atoms with E-state index in [0.29, 0.717) is 10.7 Å². The zero-order chi connectivity index (χ0) is 13.3. The minimum Gasteiger partial charge on any atom is -0.262 e. The number of sulfone groups is 1. The number of hydrogen-bond donors (Lipinski definition) is 1. The van der Waals surface area contributed by atoms with Crippen molar-refractivity contribution < 1.29 is 8.42 Å². The van der Waals surface area contributed by atoms with Crippen molar-refractivity contribution in [3.63, 3.8) is 0 Å². The molecule has 0 aliphatic carbocycles. The summed E-state index contributed by atoms with van der Waals surface area (Å²) >= 11 is 0. The van der Waals surface area contributed by atoms with Crippen molar-refractivity contribution in [1.29, 1.82) is 0 Å². The van der Waals surface area contributed by atoms with Gasteiger partial charge in [0.15, 0.2) is 15.7 Å². The van der Waals surface area contributed by atoms with Gasteiger partial charge in [-0.2, -0.15) is 5.10 Å². The smallest absolute Gasteiger partial charge is 0.181 e. The molecule has 0 unspecified atom stereocenters. The molecule has 6 heteroatoms. The van der Waals surface area contributed by atoms with E-state index in [1.54, 1.807) is 24.3 Å². The lowest BCUT2D eigenvalue weighted by atomic mass is 10.2. The molecule has 2 rings (SSSR count). The van der Waals surface area contributed by atoms with Crippen LogP contribution in [0, 0.1) is 0 Å². The molecule has 1 heterocycles. The van der Waals surface area contributed by atoms with Crippen molar-refractivity contribution in [3.05, 3.63) is 30.1 Å². The lowest BCUT2D eigenvalue weighted by Gasteiger charge is -1.99. The van der Waals surface area contributed by atoms with Crippen LogP contribution in [-0.4, -0.2) is 29.9 Å². The Kier molecular flexibility index (Phi) is 3.21. The molecule has 96 valence electrons. The molecule has 0 saturated carbocycles. The molecule has 0 fully saturated rings. The second kappa shape index (κ2) is 4.53. The van der Waals surface area contributed by atoms with Gasteiger partial charge in [0.25, 0.3) is 0 Å². The van der Waals surface area contributed by atoms with Crippen molar-refractivity contribution in [3.8, 4) is 11.4 Å². The lowest BCUT2D eigenvalue weighted by molar-refractivity contribution is 0.602. The molecule has 0 spiro atoms. The van der Waals surface area contributed by atoms with Crippen LogP contribution in [-0.2, 0) is 9.84 Å². The fraction of sp³-hybridized carbons (Fsp3) is 0.333. The first kappa shape index (κ1) is 12.8. The molecule has 18 heavy (non-hydrogen) atoms. The molecule has 2 aromatic rings. The standard InChI is InChI=1S/C12H15N3O2S/c1-8(2)11-13-12(15-14-11)9-4-6-10(7-5-9)18(3,16)17/h4-8H,1-3H3,(H,13,14,15). The maximum atomic E-state index is 11.3. The molecule has 1 aromatic carbocycles. The van der Waals surface area contributed by atoms with Crippen LogP contribution in [0.25, 0.3) is 11.4 Å². The molecular formula is C12H15N3O2S. The third-order valence-electron chi connectivity index (χ3n) is 2.59. The molecule has 0 bridgehead atoms. The number of benzene rings is 1. The van der Waals surface area contributed by atoms with Gasteiger partial charge in [0.2, 0.25) is 0 Å². The van der Waals surface area contributed by atoms with Gasteiger partial charge in [-0.25, -0.2) is 13.4 Å². The van der Waals surface area contributed by atoms with Gasteiger partial charge in [-0.15, -0.1) is 0 Å². The SMILES string of the molecule is CC(C)c1nc(-c2ccc(S(C)(=O)=O)cc2)n[nH]1. The van der Waals surface area contributed by atoms with Gasteiger partial charge in [0.05, 0.1) is 4.90 Å². The maximum Gasteiger partial charge on any atom is 0.181 e. The van der Waals surface area contributed by atoms with Gasteiger partial charge in [-0.05, 0) is 24.3 Å². The quantitative estimate of drug-likeness (QED) is 0.921. The van der Waals surface area contributed by atoms with E-state index < -0.39 is 9.84 Å². The van der Waals surface area contributed by atoms with E-state index in [-0.39, 0.29) is 5.92 Å². The summed E-state index contributed by atoms with van der Waals surface area (Å²) in [6, 6.07) is 6.56. The monoisotopic (exact) mass is 265 g/mol. The van der Waals surface area contributed by atoms with E-state index in [0.717, 1.165) is 11.4 Å². The Morgan fingerprint density at radius 3 is 2.22 bits per heavy atom. The third kappa shape index (κ3) is 2.59. The predicted molar refractivity (Wildman–Crippen MR) is 69.0 cm³/mol. The van der Waals surface area contributed by atoms with E-state index >= 15 is 0 Å². The van der Waals surface area contributed by atoms with Gasteiger partial charge < -0.3 is 0 Å². The second-order valence-electron chi connectivity index (χ2n) is 4.50. The minimum absolute atomic E-state index is 0.279. The van der Waals surface area contributed by atoms with Crippen LogP contribution < -0.4 is 0 Å². The molecule has 0 saturated heterocycles. The number of H-pyrrole nitrogens is 1. The van der Waals surface area contributed by atoms with Crippen LogP contribution in [0.4, 0.5) is 0 Å². The zero-order valence-electron chi connectivity index (χ0n) is 10.5. The lowest BCUT2D eigenvalue weighted by Crippen LogP contribution is -1.96. The van der Waals surface area contributed by atoms with Gasteiger partial charge in [-0.3, -0.25) is 5.10 Å². The Morgan fingerprint density at radius 2 is 1.78 bits per heavy atom. The number of rotatable bonds is 3. The van der Waals surface area contributed by atoms with Crippen LogP contribution in [0.3, 0.4) is 0 Å². The summed E-state index contributed by atoms with van der Waals surface area (Å²) in [5.74, 6) is 1.68. The molecular weight excluding hydrogens is 250 g/mol. The number of hydrogen-bond acceptors (Lipinski definition) is 4. The average Bonchev–Trinajstić information content (AvgIpc) is 2.77. The van der Waals surface area contributed by atoms with E-state index in [2.05, 4.69) is 15.2 Å². The first-order chi connectivity index (χ1) is 8.38. The highest BCUT2D eigenvalue weighted by Crippen LogP contribution is 2.19. The van der Waals surface area contributed by atoms with E-state index in [1.807, 2.05) is 13.8 Å². The van der Waals surface area contributed by atoms with Crippen LogP contribution in [0.5, 0.6) is 0 Å². The Morgan fingerprint density at radius 1 is 1.17 bits per heavy atom. The van der Waals surface area contributed by atoms with Crippen LogP contribution in [0.15, 0.2) is 29.2 Å². The van der Waals surface area contributed by atoms with Crippen molar-refractivity contribution in [1.82, 2.24) is 15.2 Å². The highest BCUT2D eigenvalue weighted by molar-refractivity contribution is 7.90. The van der Waals surface area contributed by atoms with Gasteiger partial charge in [0.1, 0.15) is 5.82 Å². The second-order valence-corrected chi connectivity index (χ2v) is 6.51. The Labute approximate surface area is 106 Å². The molecule has 5 nitrogen and oxygen atoms in total. The minimum atomic E-state index is -3.16. The van der Waals surface area contributed by atoms with Gasteiger partial charge in [-0.1, -0.05) is 13.8 Å². The van der Waals surface area contributed by atoms with Crippen molar-refractivity contribution in [2.24, 2.45) is 0 Å². The molecule has 1 N–H and O–H groups in total. The fourth-order valence-corrected chi connectivity index (χ4v) is 2.14. The Bertz CT molecular complexity index is 642. The molecule has 0 radical (unpaired) electrons. The first-order valence-corrected chi connectivity index (χ1v) is 7.50. The summed E-state index contributed by atoms with van der Waals surface area (Å²) in [5, 5.41) is 6.98. The maximum absolute atomic E-state index is 11.3. The highest BCUT2D eigenvalue weighted by Gasteiger charge is 2.10. The van der Waals surface area contributed by atoms with Crippen LogP contribution in [0.2, 0.25) is 0 Å². The van der Waals surface area contributed by atoms with Crippen LogP contribution in [0.1, 0.15) is 25.6 Å². The summed E-state index contributed by atoms with van der Waals surface area (Å²) in [6.07, 6.45) is 1.19. The van der Waals surface area contributed by atoms with E-state index in [1.165, 1.54) is 6.26 Å². The summed E-state index contributed by atoms with van der Waals surface area (Å²) in [6.45, 7) is 4.05. The van der Waals surface area contributed by atoms with Crippen molar-refractivity contribution in [2.45, 2.75) is 24.7 Å².